The summed E-state index contributed by atoms with van der Waals surface area (Å²) in [5.41, 5.74) is 2.11. The van der Waals surface area contributed by atoms with Crippen molar-refractivity contribution in [3.8, 4) is 17.6 Å². The predicted octanol–water partition coefficient (Wildman–Crippen LogP) is 2.50. The third kappa shape index (κ3) is 8.79. The molecule has 3 aliphatic rings. The van der Waals surface area contributed by atoms with E-state index in [2.05, 4.69) is 42.6 Å². The number of carbonyl (C=O) groups excluding carboxylic acids is 7. The maximum Gasteiger partial charge on any atom is 0.266 e. The molecule has 7 rings (SSSR count). The van der Waals surface area contributed by atoms with Crippen LogP contribution in [0, 0.1) is 17.2 Å². The van der Waals surface area contributed by atoms with Crippen molar-refractivity contribution in [3.05, 3.63) is 77.2 Å². The van der Waals surface area contributed by atoms with Gasteiger partial charge in [0.1, 0.15) is 29.3 Å². The number of nitriles is 1. The van der Waals surface area contributed by atoms with Crippen molar-refractivity contribution in [2.75, 3.05) is 25.0 Å². The first-order chi connectivity index (χ1) is 28.9. The van der Waals surface area contributed by atoms with Crippen LogP contribution in [0.3, 0.4) is 0 Å². The molecule has 1 saturated heterocycles. The number of nitrogens with zero attached hydrogens (tertiary/aromatic N) is 5. The number of hydrogen-bond acceptors (Lipinski definition) is 12. The van der Waals surface area contributed by atoms with Crippen LogP contribution in [0.1, 0.15) is 95.4 Å². The van der Waals surface area contributed by atoms with Gasteiger partial charge in [-0.2, -0.15) is 5.26 Å². The third-order valence-electron chi connectivity index (χ3n) is 10.7. The Morgan fingerprint density at radius 1 is 0.967 bits per heavy atom. The Hall–Kier alpha value is -7.16. The number of fused-ring (bicyclic) bond motifs is 2. The van der Waals surface area contributed by atoms with Crippen LogP contribution >= 0.6 is 0 Å². The Bertz CT molecular complexity index is 2430. The van der Waals surface area contributed by atoms with Crippen LogP contribution < -0.4 is 31.3 Å². The van der Waals surface area contributed by atoms with Gasteiger partial charge < -0.3 is 26.0 Å². The molecule has 1 atom stereocenters. The number of anilines is 1. The number of nitrogens with one attached hydrogen (secondary N) is 5. The van der Waals surface area contributed by atoms with Crippen LogP contribution in [-0.4, -0.2) is 98.6 Å². The first-order valence-electron chi connectivity index (χ1n) is 19.9. The second-order valence-corrected chi connectivity index (χ2v) is 15.3. The Morgan fingerprint density at radius 2 is 1.75 bits per heavy atom. The highest BCUT2D eigenvalue weighted by Crippen LogP contribution is 2.34. The number of pyridine rings is 2. The number of aromatic nitrogens is 3. The topological polar surface area (TPSA) is 247 Å². The first-order valence-corrected chi connectivity index (χ1v) is 19.9. The molecular weight excluding hydrogens is 773 g/mol. The smallest absolute Gasteiger partial charge is 0.266 e. The van der Waals surface area contributed by atoms with Crippen LogP contribution in [0.25, 0.3) is 16.9 Å². The lowest BCUT2D eigenvalue weighted by Crippen LogP contribution is -2.54. The average Bonchev–Trinajstić information content (AvgIpc) is 3.77. The van der Waals surface area contributed by atoms with E-state index in [-0.39, 0.29) is 66.1 Å². The summed E-state index contributed by atoms with van der Waals surface area (Å²) in [6, 6.07) is 10.7. The van der Waals surface area contributed by atoms with Crippen molar-refractivity contribution >= 4 is 58.1 Å². The number of amides is 7. The molecule has 1 unspecified atom stereocenters. The van der Waals surface area contributed by atoms with Crippen molar-refractivity contribution in [2.24, 2.45) is 5.92 Å². The predicted molar refractivity (Wildman–Crippen MR) is 215 cm³/mol. The first kappa shape index (κ1) is 41.0. The SMILES string of the molecule is CC(C)Nc1cc(-n2ccc3cc(C#N)cnc32)ncc1C(=O)NC1CCC(C(=O)NCCCNC(=O)COc2cccc3c2C(=O)N(C2CCC(=O)NC2=O)C3=O)CC1. The summed E-state index contributed by atoms with van der Waals surface area (Å²) in [5, 5.41) is 24.3. The van der Waals surface area contributed by atoms with Gasteiger partial charge in [0, 0.05) is 67.6 Å². The van der Waals surface area contributed by atoms with Crippen LogP contribution in [0.4, 0.5) is 5.69 Å². The van der Waals surface area contributed by atoms with Crippen molar-refractivity contribution < 1.29 is 38.3 Å². The van der Waals surface area contributed by atoms with Crippen molar-refractivity contribution in [3.63, 3.8) is 0 Å². The number of carbonyl (C=O) groups is 7. The van der Waals surface area contributed by atoms with Crippen LogP contribution in [-0.2, 0) is 19.2 Å². The number of rotatable bonds is 14. The normalized spacial score (nSPS) is 18.8. The van der Waals surface area contributed by atoms with Gasteiger partial charge in [0.15, 0.2) is 6.61 Å². The summed E-state index contributed by atoms with van der Waals surface area (Å²) in [6.45, 7) is 4.10. The molecule has 2 fully saturated rings. The van der Waals surface area contributed by atoms with Crippen molar-refractivity contribution in [1.82, 2.24) is 40.7 Å². The van der Waals surface area contributed by atoms with E-state index < -0.39 is 42.2 Å². The Balaban J connectivity index is 0.829. The van der Waals surface area contributed by atoms with Crippen molar-refractivity contribution in [1.29, 1.82) is 5.26 Å². The minimum Gasteiger partial charge on any atom is -0.483 e. The Labute approximate surface area is 344 Å². The lowest BCUT2D eigenvalue weighted by atomic mass is 9.85. The summed E-state index contributed by atoms with van der Waals surface area (Å²) >= 11 is 0. The van der Waals surface area contributed by atoms with Gasteiger partial charge >= 0.3 is 0 Å². The lowest BCUT2D eigenvalue weighted by Gasteiger charge is -2.28. The van der Waals surface area contributed by atoms with E-state index in [4.69, 9.17) is 4.74 Å². The molecule has 0 bridgehead atoms. The van der Waals surface area contributed by atoms with Crippen LogP contribution in [0.15, 0.2) is 55.0 Å². The fourth-order valence-corrected chi connectivity index (χ4v) is 7.69. The second-order valence-electron chi connectivity index (χ2n) is 15.3. The summed E-state index contributed by atoms with van der Waals surface area (Å²) in [4.78, 5) is 99.1. The summed E-state index contributed by atoms with van der Waals surface area (Å²) in [6.07, 6.45) is 7.79. The molecule has 60 heavy (non-hydrogen) atoms. The van der Waals surface area contributed by atoms with Gasteiger partial charge in [0.2, 0.25) is 17.7 Å². The van der Waals surface area contributed by atoms with E-state index in [9.17, 15) is 38.8 Å². The number of ether oxygens (including phenoxy) is 1. The quantitative estimate of drug-likeness (QED) is 0.0911. The van der Waals surface area contributed by atoms with E-state index in [0.717, 1.165) is 10.3 Å². The maximum absolute atomic E-state index is 13.5. The van der Waals surface area contributed by atoms with E-state index >= 15 is 0 Å². The zero-order valence-electron chi connectivity index (χ0n) is 33.1. The zero-order valence-corrected chi connectivity index (χ0v) is 33.1. The molecule has 18 heteroatoms. The largest absolute Gasteiger partial charge is 0.483 e. The molecule has 1 aromatic carbocycles. The maximum atomic E-state index is 13.5. The van der Waals surface area contributed by atoms with Gasteiger partial charge in [0.05, 0.1) is 27.9 Å². The summed E-state index contributed by atoms with van der Waals surface area (Å²) < 4.78 is 7.42. The monoisotopic (exact) mass is 816 g/mol. The molecule has 310 valence electrons. The average molecular weight is 817 g/mol. The van der Waals surface area contributed by atoms with Gasteiger partial charge in [-0.15, -0.1) is 0 Å². The summed E-state index contributed by atoms with van der Waals surface area (Å²) in [5.74, 6) is -3.05. The molecule has 0 radical (unpaired) electrons. The molecule has 18 nitrogen and oxygen atoms in total. The third-order valence-corrected chi connectivity index (χ3v) is 10.7. The van der Waals surface area contributed by atoms with Gasteiger partial charge in [-0.3, -0.25) is 48.3 Å². The molecule has 3 aromatic heterocycles. The minimum atomic E-state index is -1.12. The molecule has 4 aromatic rings. The van der Waals surface area contributed by atoms with Crippen LogP contribution in [0.2, 0.25) is 0 Å². The number of piperidine rings is 1. The molecule has 1 aliphatic carbocycles. The molecule has 7 amide bonds. The van der Waals surface area contributed by atoms with Gasteiger partial charge in [-0.05, 0) is 76.6 Å². The molecule has 0 spiro atoms. The van der Waals surface area contributed by atoms with Crippen molar-refractivity contribution in [2.45, 2.75) is 76.9 Å². The highest BCUT2D eigenvalue weighted by molar-refractivity contribution is 6.24. The van der Waals surface area contributed by atoms with E-state index in [1.807, 2.05) is 26.1 Å². The summed E-state index contributed by atoms with van der Waals surface area (Å²) in [7, 11) is 0. The lowest BCUT2D eigenvalue weighted by molar-refractivity contribution is -0.136. The molecule has 2 aliphatic heterocycles. The fourth-order valence-electron chi connectivity index (χ4n) is 7.69. The highest BCUT2D eigenvalue weighted by Gasteiger charge is 2.46. The Kier molecular flexibility index (Phi) is 12.1. The molecular formula is C42H44N10O8. The molecule has 5 N–H and O–H groups in total. The minimum absolute atomic E-state index is 0.00534. The number of hydrogen-bond donors (Lipinski definition) is 5. The molecule has 1 saturated carbocycles. The van der Waals surface area contributed by atoms with Gasteiger partial charge in [0.25, 0.3) is 23.6 Å². The number of benzene rings is 1. The van der Waals surface area contributed by atoms with Gasteiger partial charge in [-0.25, -0.2) is 9.97 Å². The van der Waals surface area contributed by atoms with E-state index in [1.54, 1.807) is 22.9 Å². The van der Waals surface area contributed by atoms with Crippen LogP contribution in [0.5, 0.6) is 5.75 Å². The van der Waals surface area contributed by atoms with E-state index in [0.29, 0.717) is 66.9 Å². The van der Waals surface area contributed by atoms with E-state index in [1.165, 1.54) is 24.4 Å². The molecule has 5 heterocycles. The Morgan fingerprint density at radius 3 is 2.50 bits per heavy atom. The van der Waals surface area contributed by atoms with Gasteiger partial charge in [-0.1, -0.05) is 6.07 Å². The fraction of sp³-hybridized carbons (Fsp3) is 0.381. The standard InChI is InChI=1S/C42H44N10O8/c1-23(2)48-30-18-33(51-16-13-26-17-24(19-43)20-47-37(26)51)46-21-29(30)39(56)49-27-9-7-25(8-10-27)38(55)45-15-4-14-44-35(54)22-60-32-6-3-5-28-36(32)42(59)52(41(28)58)31-11-12-34(53)50-40(31)57/h3,5-6,13,16-18,20-21,23,25,27,31H,4,7-12,14-15,22H2,1-2H3,(H,44,54)(H,45,55)(H,46,48)(H,49,56)(H,50,53,57). The second kappa shape index (κ2) is 17.8. The number of imide groups is 2. The highest BCUT2D eigenvalue weighted by atomic mass is 16.5. The zero-order chi connectivity index (χ0) is 42.5.